The van der Waals surface area contributed by atoms with Crippen molar-refractivity contribution in [2.45, 2.75) is 46.9 Å². The first-order chi connectivity index (χ1) is 26.8. The Morgan fingerprint density at radius 3 is 2.36 bits per heavy atom. The average Bonchev–Trinajstić information content (AvgIpc) is 3.84. The fourth-order valence-corrected chi connectivity index (χ4v) is 8.95. The van der Waals surface area contributed by atoms with Gasteiger partial charge in [-0.25, -0.2) is 9.97 Å². The third-order valence-corrected chi connectivity index (χ3v) is 11.6. The predicted molar refractivity (Wildman–Crippen MR) is 232 cm³/mol. The van der Waals surface area contributed by atoms with Gasteiger partial charge in [-0.1, -0.05) is 87.4 Å². The van der Waals surface area contributed by atoms with E-state index in [1.165, 1.54) is 33.3 Å². The van der Waals surface area contributed by atoms with Crippen LogP contribution in [-0.2, 0) is 5.41 Å². The van der Waals surface area contributed by atoms with Gasteiger partial charge >= 0.3 is 0 Å². The molecule has 0 saturated heterocycles. The number of aromatic nitrogens is 4. The highest BCUT2D eigenvalue weighted by atomic mass is 16.3. The molecule has 0 amide bonds. The van der Waals surface area contributed by atoms with E-state index in [0.717, 1.165) is 72.1 Å². The minimum atomic E-state index is -0.270. The van der Waals surface area contributed by atoms with Gasteiger partial charge in [0.05, 0.1) is 27.9 Å². The number of allylic oxidation sites excluding steroid dienone is 4. The van der Waals surface area contributed by atoms with Crippen LogP contribution in [0.15, 0.2) is 132 Å². The van der Waals surface area contributed by atoms with Gasteiger partial charge in [-0.2, -0.15) is 0 Å². The first-order valence-corrected chi connectivity index (χ1v) is 19.1. The maximum Gasteiger partial charge on any atom is 0.161 e. The molecule has 0 unspecified atom stereocenters. The van der Waals surface area contributed by atoms with E-state index in [0.29, 0.717) is 5.82 Å². The molecule has 0 N–H and O–H groups in total. The Labute approximate surface area is 321 Å². The average molecular weight is 712 g/mol. The van der Waals surface area contributed by atoms with Gasteiger partial charge in [-0.3, -0.25) is 0 Å². The lowest BCUT2D eigenvalue weighted by Crippen LogP contribution is -2.26. The van der Waals surface area contributed by atoms with Crippen LogP contribution in [0.1, 0.15) is 50.1 Å². The van der Waals surface area contributed by atoms with Crippen molar-refractivity contribution < 1.29 is 4.42 Å². The molecule has 1 aliphatic heterocycles. The highest BCUT2D eigenvalue weighted by Crippen LogP contribution is 2.50. The van der Waals surface area contributed by atoms with Crippen LogP contribution in [0.3, 0.4) is 0 Å². The van der Waals surface area contributed by atoms with Crippen molar-refractivity contribution in [1.82, 2.24) is 19.1 Å². The number of benzene rings is 5. The summed E-state index contributed by atoms with van der Waals surface area (Å²) in [6.45, 7) is 13.1. The Balaban J connectivity index is 1.18. The van der Waals surface area contributed by atoms with Gasteiger partial charge in [0, 0.05) is 49.5 Å². The topological polar surface area (TPSA) is 48.8 Å². The van der Waals surface area contributed by atoms with Crippen LogP contribution in [0.25, 0.3) is 94.9 Å². The summed E-state index contributed by atoms with van der Waals surface area (Å²) < 4.78 is 11.3. The highest BCUT2D eigenvalue weighted by molar-refractivity contribution is 6.41. The Kier molecular flexibility index (Phi) is 7.44. The Morgan fingerprint density at radius 2 is 1.55 bits per heavy atom. The molecule has 1 aliphatic rings. The van der Waals surface area contributed by atoms with E-state index in [1.807, 2.05) is 6.07 Å². The Hall–Kier alpha value is -6.40. The summed E-state index contributed by atoms with van der Waals surface area (Å²) in [5.41, 5.74) is 16.2. The maximum atomic E-state index is 6.55. The molecule has 9 aromatic rings. The fraction of sp³-hybridized carbons (Fsp3) is 0.143. The molecule has 4 aromatic heterocycles. The molecule has 5 heterocycles. The maximum absolute atomic E-state index is 6.55. The van der Waals surface area contributed by atoms with E-state index in [2.05, 4.69) is 185 Å². The van der Waals surface area contributed by atoms with Gasteiger partial charge in [0.1, 0.15) is 18.4 Å². The molecule has 0 spiro atoms. The van der Waals surface area contributed by atoms with Crippen LogP contribution in [0.4, 0.5) is 0 Å². The molecule has 0 fully saturated rings. The van der Waals surface area contributed by atoms with Crippen LogP contribution < -0.4 is 0 Å². The Morgan fingerprint density at radius 1 is 0.764 bits per heavy atom. The van der Waals surface area contributed by atoms with Crippen molar-refractivity contribution in [3.63, 3.8) is 0 Å². The monoisotopic (exact) mass is 711 g/mol. The summed E-state index contributed by atoms with van der Waals surface area (Å²) >= 11 is 0. The molecule has 10 rings (SSSR count). The van der Waals surface area contributed by atoms with Crippen molar-refractivity contribution >= 4 is 73.8 Å². The third kappa shape index (κ3) is 4.73. The number of nitrogens with zero attached hydrogens (tertiary/aromatic N) is 4. The molecule has 6 heteroatoms. The van der Waals surface area contributed by atoms with E-state index < -0.39 is 0 Å². The minimum absolute atomic E-state index is 0.270. The third-order valence-electron chi connectivity index (χ3n) is 11.6. The second-order valence-electron chi connectivity index (χ2n) is 15.1. The molecule has 0 aliphatic carbocycles. The molecule has 1 radical (unpaired) electrons. The SMILES string of the molecule is C[B]/C=C\c1c(C)c2cc(-c3nc(-c4ccc5c(c4)C(C)(C)c4cccc6c7oc8ccccc8c7n-5c46)c4ccccc4n3)ccc2n1C(/C=C\C)=C/C. The summed E-state index contributed by atoms with van der Waals surface area (Å²) in [6.07, 6.45) is 8.61. The number of furan rings is 1. The lowest BCUT2D eigenvalue weighted by Gasteiger charge is -2.35. The minimum Gasteiger partial charge on any atom is -0.454 e. The number of hydrogen-bond donors (Lipinski definition) is 0. The normalized spacial score (nSPS) is 14.1. The number of fused-ring (bicyclic) bond motifs is 9. The summed E-state index contributed by atoms with van der Waals surface area (Å²) in [4.78, 5) is 10.6. The second-order valence-corrected chi connectivity index (χ2v) is 15.1. The lowest BCUT2D eigenvalue weighted by molar-refractivity contribution is 0.630. The smallest absolute Gasteiger partial charge is 0.161 e. The van der Waals surface area contributed by atoms with E-state index in [1.54, 1.807) is 0 Å². The lowest BCUT2D eigenvalue weighted by atomic mass is 9.74. The zero-order valence-electron chi connectivity index (χ0n) is 32.0. The molecule has 55 heavy (non-hydrogen) atoms. The van der Waals surface area contributed by atoms with Crippen molar-refractivity contribution in [3.8, 4) is 28.3 Å². The van der Waals surface area contributed by atoms with Gasteiger partial charge in [-0.15, -0.1) is 5.98 Å². The molecular formula is C49H40BN4O. The zero-order valence-corrected chi connectivity index (χ0v) is 32.0. The number of rotatable bonds is 6. The van der Waals surface area contributed by atoms with Gasteiger partial charge in [0.25, 0.3) is 0 Å². The van der Waals surface area contributed by atoms with Gasteiger partial charge in [0.2, 0.25) is 0 Å². The molecule has 265 valence electrons. The van der Waals surface area contributed by atoms with E-state index >= 15 is 0 Å². The second kappa shape index (κ2) is 12.3. The first kappa shape index (κ1) is 33.2. The highest BCUT2D eigenvalue weighted by Gasteiger charge is 2.37. The van der Waals surface area contributed by atoms with Gasteiger partial charge in [-0.05, 0) is 98.1 Å². The summed E-state index contributed by atoms with van der Waals surface area (Å²) in [5.74, 6) is 2.82. The molecule has 0 atom stereocenters. The van der Waals surface area contributed by atoms with E-state index in [4.69, 9.17) is 14.4 Å². The molecule has 0 bridgehead atoms. The number of para-hydroxylation sites is 3. The summed E-state index contributed by atoms with van der Waals surface area (Å²) in [7, 11) is 2.07. The summed E-state index contributed by atoms with van der Waals surface area (Å²) in [5, 5.41) is 4.48. The standard InChI is InChI=1S/C49H40BN4O/c1-7-14-32(8-2)53-40(25-26-50-6)29(3)36-27-31(22-23-41(36)53)48-51-39-19-11-9-15-33(39)44(52-48)30-21-24-42-38(28-30)49(4,5)37-18-13-17-35-45(37)54(42)46-34-16-10-12-20-43(34)55-47(35)46/h7-28H,1-6H3/b14-7-,26-25-,32-8+. The molecule has 0 saturated carbocycles. The first-order valence-electron chi connectivity index (χ1n) is 19.1. The zero-order chi connectivity index (χ0) is 37.6. The molecule has 5 aromatic carbocycles. The van der Waals surface area contributed by atoms with Crippen LogP contribution in [0, 0.1) is 6.92 Å². The fourth-order valence-electron chi connectivity index (χ4n) is 8.95. The largest absolute Gasteiger partial charge is 0.454 e. The predicted octanol–water partition coefficient (Wildman–Crippen LogP) is 12.9. The quantitative estimate of drug-likeness (QED) is 0.127. The van der Waals surface area contributed by atoms with Crippen LogP contribution in [0.2, 0.25) is 6.82 Å². The number of aryl methyl sites for hydroxylation is 1. The van der Waals surface area contributed by atoms with Gasteiger partial charge < -0.3 is 13.6 Å². The molecule has 5 nitrogen and oxygen atoms in total. The van der Waals surface area contributed by atoms with Crippen molar-refractivity contribution in [2.75, 3.05) is 0 Å². The van der Waals surface area contributed by atoms with Crippen LogP contribution >= 0.6 is 0 Å². The number of hydrogen-bond acceptors (Lipinski definition) is 3. The molecular weight excluding hydrogens is 671 g/mol. The van der Waals surface area contributed by atoms with Crippen molar-refractivity contribution in [3.05, 3.63) is 150 Å². The summed E-state index contributed by atoms with van der Waals surface area (Å²) in [6, 6.07) is 36.9. The van der Waals surface area contributed by atoms with Crippen molar-refractivity contribution in [1.29, 1.82) is 0 Å². The Bertz CT molecular complexity index is 3150. The van der Waals surface area contributed by atoms with Crippen molar-refractivity contribution in [2.24, 2.45) is 0 Å². The van der Waals surface area contributed by atoms with E-state index in [9.17, 15) is 0 Å². The van der Waals surface area contributed by atoms with Crippen LogP contribution in [-0.4, -0.2) is 26.4 Å². The van der Waals surface area contributed by atoms with Crippen LogP contribution in [0.5, 0.6) is 0 Å². The van der Waals surface area contributed by atoms with E-state index in [-0.39, 0.29) is 5.41 Å². The van der Waals surface area contributed by atoms with Gasteiger partial charge in [0.15, 0.2) is 11.4 Å².